The number of piperidine rings is 1. The van der Waals surface area contributed by atoms with Gasteiger partial charge in [-0.3, -0.25) is 0 Å². The molecule has 3 aromatic rings. The van der Waals surface area contributed by atoms with Crippen molar-refractivity contribution in [1.82, 2.24) is 15.5 Å². The van der Waals surface area contributed by atoms with Gasteiger partial charge in [-0.05, 0) is 84.1 Å². The van der Waals surface area contributed by atoms with Gasteiger partial charge < -0.3 is 39.6 Å². The van der Waals surface area contributed by atoms with Crippen LogP contribution in [0, 0.1) is 23.7 Å². The fourth-order valence-electron chi connectivity index (χ4n) is 10.9. The summed E-state index contributed by atoms with van der Waals surface area (Å²) < 4.78 is 25.6. The molecule has 3 aliphatic heterocycles. The SMILES string of the molecule is CC1C(CN2CCC3(CC2)OCCO3)OC(c2ccc(-c3ccccc3CNC(=O)NC34CC5CC(CC(C5)C3)C4)cc2)OC1c1ccc(CO)cc1. The van der Waals surface area contributed by atoms with E-state index in [1.165, 1.54) is 19.3 Å². The largest absolute Gasteiger partial charge is 0.392 e. The summed E-state index contributed by atoms with van der Waals surface area (Å²) in [7, 11) is 0. The van der Waals surface area contributed by atoms with E-state index >= 15 is 0 Å². The lowest BCUT2D eigenvalue weighted by Gasteiger charge is -2.56. The monoisotopic (exact) mass is 721 g/mol. The Bertz CT molecular complexity index is 1700. The van der Waals surface area contributed by atoms with E-state index in [1.54, 1.807) is 0 Å². The highest BCUT2D eigenvalue weighted by Gasteiger charge is 2.51. The Labute approximate surface area is 313 Å². The van der Waals surface area contributed by atoms with Crippen molar-refractivity contribution in [3.8, 4) is 11.1 Å². The van der Waals surface area contributed by atoms with Gasteiger partial charge in [-0.2, -0.15) is 0 Å². The summed E-state index contributed by atoms with van der Waals surface area (Å²) in [5.74, 6) is 2.07. The van der Waals surface area contributed by atoms with E-state index in [-0.39, 0.29) is 36.3 Å². The Kier molecular flexibility index (Phi) is 9.84. The molecule has 3 aromatic carbocycles. The van der Waals surface area contributed by atoms with Crippen LogP contribution in [0.2, 0.25) is 0 Å². The second-order valence-corrected chi connectivity index (χ2v) is 17.0. The molecule has 1 spiro atoms. The minimum atomic E-state index is -0.532. The second kappa shape index (κ2) is 14.7. The van der Waals surface area contributed by atoms with Crippen molar-refractivity contribution < 1.29 is 28.8 Å². The minimum absolute atomic E-state index is 0.00781. The van der Waals surface area contributed by atoms with Gasteiger partial charge in [0.2, 0.25) is 0 Å². The van der Waals surface area contributed by atoms with Gasteiger partial charge >= 0.3 is 6.03 Å². The van der Waals surface area contributed by atoms with Crippen molar-refractivity contribution in [3.05, 3.63) is 95.1 Å². The molecule has 10 rings (SSSR count). The Morgan fingerprint density at radius 3 is 2.13 bits per heavy atom. The molecular formula is C44H55N3O6. The molecule has 3 N–H and O–H groups in total. The molecule has 4 saturated carbocycles. The van der Waals surface area contributed by atoms with Gasteiger partial charge in [0.05, 0.1) is 32.0 Å². The molecule has 4 atom stereocenters. The molecule has 4 aliphatic carbocycles. The number of carbonyl (C=O) groups excluding carboxylic acids is 1. The summed E-state index contributed by atoms with van der Waals surface area (Å²) in [6.07, 6.45) is 8.49. The van der Waals surface area contributed by atoms with Crippen LogP contribution in [-0.4, -0.2) is 66.3 Å². The zero-order valence-electron chi connectivity index (χ0n) is 31.0. The van der Waals surface area contributed by atoms with E-state index in [0.717, 1.165) is 103 Å². The molecule has 53 heavy (non-hydrogen) atoms. The number of benzene rings is 3. The number of ether oxygens (including phenoxy) is 4. The first-order chi connectivity index (χ1) is 25.8. The first-order valence-corrected chi connectivity index (χ1v) is 20.1. The van der Waals surface area contributed by atoms with Gasteiger partial charge in [0.15, 0.2) is 12.1 Å². The minimum Gasteiger partial charge on any atom is -0.392 e. The summed E-state index contributed by atoms with van der Waals surface area (Å²) in [6.45, 7) is 6.67. The Hall–Kier alpha value is -3.31. The van der Waals surface area contributed by atoms with Gasteiger partial charge in [0.25, 0.3) is 0 Å². The summed E-state index contributed by atoms with van der Waals surface area (Å²) in [5.41, 5.74) is 6.21. The molecule has 282 valence electrons. The highest BCUT2D eigenvalue weighted by molar-refractivity contribution is 5.76. The highest BCUT2D eigenvalue weighted by Crippen LogP contribution is 2.55. The van der Waals surface area contributed by atoms with Crippen LogP contribution in [0.4, 0.5) is 4.79 Å². The van der Waals surface area contributed by atoms with Gasteiger partial charge in [-0.15, -0.1) is 0 Å². The van der Waals surface area contributed by atoms with Gasteiger partial charge in [0, 0.05) is 56.0 Å². The Morgan fingerprint density at radius 2 is 1.47 bits per heavy atom. The predicted octanol–water partition coefficient (Wildman–Crippen LogP) is 7.24. The molecule has 3 heterocycles. The van der Waals surface area contributed by atoms with Crippen LogP contribution < -0.4 is 10.6 Å². The third-order valence-corrected chi connectivity index (χ3v) is 13.4. The molecular weight excluding hydrogens is 666 g/mol. The zero-order chi connectivity index (χ0) is 36.0. The quantitative estimate of drug-likeness (QED) is 0.214. The smallest absolute Gasteiger partial charge is 0.315 e. The predicted molar refractivity (Wildman–Crippen MR) is 201 cm³/mol. The average molecular weight is 722 g/mol. The number of rotatable bonds is 9. The number of urea groups is 1. The first-order valence-electron chi connectivity index (χ1n) is 20.1. The average Bonchev–Trinajstić information content (AvgIpc) is 3.63. The van der Waals surface area contributed by atoms with E-state index < -0.39 is 12.1 Å². The molecule has 4 bridgehead atoms. The normalized spacial score (nSPS) is 33.3. The van der Waals surface area contributed by atoms with E-state index in [1.807, 2.05) is 18.2 Å². The van der Waals surface area contributed by atoms with Crippen molar-refractivity contribution in [2.24, 2.45) is 23.7 Å². The maximum absolute atomic E-state index is 13.3. The lowest BCUT2D eigenvalue weighted by molar-refractivity contribution is -0.278. The number of aliphatic hydroxyl groups excluding tert-OH is 1. The molecule has 2 amide bonds. The lowest BCUT2D eigenvalue weighted by atomic mass is 9.53. The number of hydrogen-bond donors (Lipinski definition) is 3. The molecule has 0 aromatic heterocycles. The van der Waals surface area contributed by atoms with Crippen LogP contribution in [0.3, 0.4) is 0 Å². The molecule has 9 nitrogen and oxygen atoms in total. The van der Waals surface area contributed by atoms with Gasteiger partial charge in [0.1, 0.15) is 0 Å². The number of nitrogens with zero attached hydrogens (tertiary/aromatic N) is 1. The Balaban J connectivity index is 0.885. The third kappa shape index (κ3) is 7.41. The van der Waals surface area contributed by atoms with Crippen LogP contribution in [0.1, 0.15) is 92.9 Å². The number of carbonyl (C=O) groups is 1. The number of amides is 2. The van der Waals surface area contributed by atoms with Gasteiger partial charge in [-0.25, -0.2) is 4.79 Å². The Morgan fingerprint density at radius 1 is 0.830 bits per heavy atom. The standard InChI is InChI=1S/C44H55N3O6/c1-29-39(27-47-16-14-44(15-17-47)50-18-19-51-44)52-41(53-40(29)35-8-6-30(28-48)7-9-35)36-12-10-34(11-13-36)38-5-3-2-4-37(38)26-45-42(49)46-43-23-31-20-32(24-43)22-33(21-31)25-43/h2-13,29,31-33,39-41,48H,14-28H2,1H3,(H2,45,46,49). The maximum Gasteiger partial charge on any atom is 0.315 e. The van der Waals surface area contributed by atoms with Crippen molar-refractivity contribution >= 4 is 6.03 Å². The molecule has 4 unspecified atom stereocenters. The fourth-order valence-corrected chi connectivity index (χ4v) is 10.9. The first kappa shape index (κ1) is 35.4. The van der Waals surface area contributed by atoms with Crippen LogP contribution >= 0.6 is 0 Å². The van der Waals surface area contributed by atoms with Crippen LogP contribution in [0.15, 0.2) is 72.8 Å². The summed E-state index contributed by atoms with van der Waals surface area (Å²) >= 11 is 0. The highest BCUT2D eigenvalue weighted by atomic mass is 16.7. The summed E-state index contributed by atoms with van der Waals surface area (Å²) in [6, 6.07) is 24.9. The van der Waals surface area contributed by atoms with E-state index in [2.05, 4.69) is 77.1 Å². The topological polar surface area (TPSA) is 102 Å². The van der Waals surface area contributed by atoms with Crippen molar-refractivity contribution in [3.63, 3.8) is 0 Å². The fraction of sp³-hybridized carbons (Fsp3) is 0.568. The lowest BCUT2D eigenvalue weighted by Crippen LogP contribution is -2.61. The summed E-state index contributed by atoms with van der Waals surface area (Å²) in [5, 5.41) is 16.3. The van der Waals surface area contributed by atoms with Crippen LogP contribution in [-0.2, 0) is 32.1 Å². The molecule has 9 heteroatoms. The molecule has 3 saturated heterocycles. The van der Waals surface area contributed by atoms with Gasteiger partial charge in [-0.1, -0.05) is 79.7 Å². The zero-order valence-corrected chi connectivity index (χ0v) is 31.0. The number of hydrogen-bond acceptors (Lipinski definition) is 7. The summed E-state index contributed by atoms with van der Waals surface area (Å²) in [4.78, 5) is 15.8. The maximum atomic E-state index is 13.3. The molecule has 0 radical (unpaired) electrons. The number of aliphatic hydroxyl groups is 1. The van der Waals surface area contributed by atoms with Crippen molar-refractivity contribution in [2.75, 3.05) is 32.8 Å². The number of likely N-dealkylation sites (tertiary alicyclic amines) is 1. The van der Waals surface area contributed by atoms with E-state index in [0.29, 0.717) is 19.8 Å². The van der Waals surface area contributed by atoms with E-state index in [9.17, 15) is 9.90 Å². The van der Waals surface area contributed by atoms with Crippen molar-refractivity contribution in [2.45, 2.75) is 101 Å². The molecule has 7 fully saturated rings. The second-order valence-electron chi connectivity index (χ2n) is 17.0. The van der Waals surface area contributed by atoms with E-state index in [4.69, 9.17) is 18.9 Å². The number of nitrogens with one attached hydrogen (secondary N) is 2. The van der Waals surface area contributed by atoms with Crippen molar-refractivity contribution in [1.29, 1.82) is 0 Å². The third-order valence-electron chi connectivity index (χ3n) is 13.4. The molecule has 7 aliphatic rings. The van der Waals surface area contributed by atoms with Crippen LogP contribution in [0.25, 0.3) is 11.1 Å². The van der Waals surface area contributed by atoms with Crippen LogP contribution in [0.5, 0.6) is 0 Å².